The normalized spacial score (nSPS) is 16.3. The van der Waals surface area contributed by atoms with Crippen molar-refractivity contribution in [2.75, 3.05) is 19.3 Å². The summed E-state index contributed by atoms with van der Waals surface area (Å²) >= 11 is 0. The maximum Gasteiger partial charge on any atom is 0.214 e. The van der Waals surface area contributed by atoms with Crippen LogP contribution in [0.4, 0.5) is 0 Å². The number of sulfonamides is 1. The van der Waals surface area contributed by atoms with Crippen molar-refractivity contribution in [1.29, 1.82) is 0 Å². The molecular weight excluding hydrogens is 252 g/mol. The van der Waals surface area contributed by atoms with Gasteiger partial charge in [-0.15, -0.1) is 0 Å². The fourth-order valence-corrected chi connectivity index (χ4v) is 2.91. The summed E-state index contributed by atoms with van der Waals surface area (Å²) in [6, 6.07) is 2.41. The van der Waals surface area contributed by atoms with Gasteiger partial charge in [0, 0.05) is 25.2 Å². The quantitative estimate of drug-likeness (QED) is 0.722. The Labute approximate surface area is 108 Å². The third-order valence-corrected chi connectivity index (χ3v) is 4.93. The highest BCUT2D eigenvalue weighted by molar-refractivity contribution is 7.89. The summed E-state index contributed by atoms with van der Waals surface area (Å²) in [6.07, 6.45) is 6.24. The molecule has 1 saturated carbocycles. The lowest BCUT2D eigenvalue weighted by Gasteiger charge is -2.16. The number of nitrogens with zero attached hydrogens (tertiary/aromatic N) is 1. The van der Waals surface area contributed by atoms with Crippen LogP contribution in [-0.4, -0.2) is 38.1 Å². The molecule has 1 aliphatic carbocycles. The Morgan fingerprint density at radius 3 is 2.89 bits per heavy atom. The molecule has 0 spiro atoms. The number of hydrogen-bond donors (Lipinski definition) is 1. The Kier molecular flexibility index (Phi) is 4.42. The van der Waals surface area contributed by atoms with Crippen LogP contribution in [0.5, 0.6) is 0 Å². The molecule has 0 bridgehead atoms. The Balaban J connectivity index is 1.73. The maximum atomic E-state index is 12.0. The van der Waals surface area contributed by atoms with Crippen molar-refractivity contribution in [1.82, 2.24) is 9.62 Å². The Bertz CT molecular complexity index is 452. The summed E-state index contributed by atoms with van der Waals surface area (Å²) in [7, 11) is -1.55. The Morgan fingerprint density at radius 1 is 1.50 bits per heavy atom. The smallest absolute Gasteiger partial charge is 0.214 e. The predicted octanol–water partition coefficient (Wildman–Crippen LogP) is 1.18. The van der Waals surface area contributed by atoms with Crippen molar-refractivity contribution >= 4 is 10.0 Å². The number of rotatable bonds is 8. The van der Waals surface area contributed by atoms with Crippen molar-refractivity contribution < 1.29 is 12.8 Å². The van der Waals surface area contributed by atoms with Crippen LogP contribution in [0.25, 0.3) is 0 Å². The lowest BCUT2D eigenvalue weighted by atomic mass is 10.3. The molecule has 0 amide bonds. The molecule has 18 heavy (non-hydrogen) atoms. The fraction of sp³-hybridized carbons (Fsp3) is 0.667. The molecule has 6 heteroatoms. The van der Waals surface area contributed by atoms with E-state index < -0.39 is 10.0 Å². The molecule has 0 saturated heterocycles. The third-order valence-electron chi connectivity index (χ3n) is 3.05. The minimum atomic E-state index is -3.16. The number of nitrogens with one attached hydrogen (secondary N) is 1. The fourth-order valence-electron chi connectivity index (χ4n) is 1.74. The molecule has 1 fully saturated rings. The molecule has 1 aromatic heterocycles. The Hall–Kier alpha value is -0.850. The average Bonchev–Trinajstić information content (AvgIpc) is 3.01. The van der Waals surface area contributed by atoms with E-state index in [1.54, 1.807) is 25.6 Å². The highest BCUT2D eigenvalue weighted by Gasteiger charge is 2.21. The van der Waals surface area contributed by atoms with Crippen LogP contribution in [0.1, 0.15) is 24.8 Å². The van der Waals surface area contributed by atoms with E-state index in [-0.39, 0.29) is 5.75 Å². The van der Waals surface area contributed by atoms with E-state index in [0.29, 0.717) is 19.0 Å². The topological polar surface area (TPSA) is 62.6 Å². The molecule has 0 aromatic carbocycles. The minimum Gasteiger partial charge on any atom is -0.472 e. The zero-order chi connectivity index (χ0) is 13.0. The summed E-state index contributed by atoms with van der Waals surface area (Å²) in [6.45, 7) is 1.15. The zero-order valence-corrected chi connectivity index (χ0v) is 11.4. The second kappa shape index (κ2) is 5.86. The summed E-state index contributed by atoms with van der Waals surface area (Å²) in [5.41, 5.74) is 0.872. The van der Waals surface area contributed by atoms with E-state index in [9.17, 15) is 8.42 Å². The van der Waals surface area contributed by atoms with E-state index in [0.717, 1.165) is 12.1 Å². The van der Waals surface area contributed by atoms with Gasteiger partial charge in [0.15, 0.2) is 0 Å². The first-order chi connectivity index (χ1) is 8.58. The second-order valence-electron chi connectivity index (χ2n) is 4.79. The molecule has 0 atom stereocenters. The standard InChI is InChI=1S/C12H20N2O3S/c1-14(9-11-5-7-17-10-11)18(15,16)8-2-6-13-12-3-4-12/h5,7,10,12-13H,2-4,6,8-9H2,1H3. The molecule has 1 aromatic rings. The third kappa shape index (κ3) is 4.12. The molecule has 1 aliphatic rings. The van der Waals surface area contributed by atoms with Crippen LogP contribution < -0.4 is 5.32 Å². The molecule has 0 radical (unpaired) electrons. The first-order valence-electron chi connectivity index (χ1n) is 6.26. The van der Waals surface area contributed by atoms with Gasteiger partial charge >= 0.3 is 0 Å². The van der Waals surface area contributed by atoms with Crippen molar-refractivity contribution in [2.45, 2.75) is 31.8 Å². The maximum absolute atomic E-state index is 12.0. The van der Waals surface area contributed by atoms with Crippen molar-refractivity contribution in [2.24, 2.45) is 0 Å². The van der Waals surface area contributed by atoms with Crippen molar-refractivity contribution in [3.63, 3.8) is 0 Å². The second-order valence-corrected chi connectivity index (χ2v) is 6.98. The van der Waals surface area contributed by atoms with Crippen molar-refractivity contribution in [3.05, 3.63) is 24.2 Å². The van der Waals surface area contributed by atoms with Gasteiger partial charge in [-0.25, -0.2) is 12.7 Å². The molecule has 0 unspecified atom stereocenters. The van der Waals surface area contributed by atoms with Crippen LogP contribution in [0.15, 0.2) is 23.0 Å². The summed E-state index contributed by atoms with van der Waals surface area (Å²) in [5, 5.41) is 3.32. The SMILES string of the molecule is CN(Cc1ccoc1)S(=O)(=O)CCCNC1CC1. The Morgan fingerprint density at radius 2 is 2.28 bits per heavy atom. The zero-order valence-electron chi connectivity index (χ0n) is 10.6. The van der Waals surface area contributed by atoms with Gasteiger partial charge in [-0.1, -0.05) is 0 Å². The van der Waals surface area contributed by atoms with Crippen LogP contribution in [0.3, 0.4) is 0 Å². The highest BCUT2D eigenvalue weighted by atomic mass is 32.2. The number of furan rings is 1. The molecular formula is C12H20N2O3S. The molecule has 102 valence electrons. The molecule has 0 aliphatic heterocycles. The molecule has 5 nitrogen and oxygen atoms in total. The molecule has 2 rings (SSSR count). The van der Waals surface area contributed by atoms with Gasteiger partial charge in [0.25, 0.3) is 0 Å². The van der Waals surface area contributed by atoms with E-state index in [1.165, 1.54) is 17.1 Å². The predicted molar refractivity (Wildman–Crippen MR) is 69.6 cm³/mol. The van der Waals surface area contributed by atoms with E-state index in [2.05, 4.69) is 5.32 Å². The van der Waals surface area contributed by atoms with Gasteiger partial charge in [-0.3, -0.25) is 0 Å². The van der Waals surface area contributed by atoms with E-state index in [4.69, 9.17) is 4.42 Å². The number of hydrogen-bond acceptors (Lipinski definition) is 4. The highest BCUT2D eigenvalue weighted by Crippen LogP contribution is 2.18. The van der Waals surface area contributed by atoms with Gasteiger partial charge in [-0.05, 0) is 31.9 Å². The van der Waals surface area contributed by atoms with Gasteiger partial charge in [0.2, 0.25) is 10.0 Å². The molecule has 1 heterocycles. The van der Waals surface area contributed by atoms with E-state index >= 15 is 0 Å². The van der Waals surface area contributed by atoms with Crippen LogP contribution in [0.2, 0.25) is 0 Å². The van der Waals surface area contributed by atoms with Crippen molar-refractivity contribution in [3.8, 4) is 0 Å². The molecule has 1 N–H and O–H groups in total. The van der Waals surface area contributed by atoms with Crippen LogP contribution in [-0.2, 0) is 16.6 Å². The van der Waals surface area contributed by atoms with E-state index in [1.807, 2.05) is 0 Å². The van der Waals surface area contributed by atoms with Crippen LogP contribution in [0, 0.1) is 0 Å². The van der Waals surface area contributed by atoms with Gasteiger partial charge in [-0.2, -0.15) is 0 Å². The lowest BCUT2D eigenvalue weighted by molar-refractivity contribution is 0.461. The summed E-state index contributed by atoms with van der Waals surface area (Å²) in [5.74, 6) is 0.196. The van der Waals surface area contributed by atoms with Crippen LogP contribution >= 0.6 is 0 Å². The largest absolute Gasteiger partial charge is 0.472 e. The monoisotopic (exact) mass is 272 g/mol. The van der Waals surface area contributed by atoms with Gasteiger partial charge < -0.3 is 9.73 Å². The summed E-state index contributed by atoms with van der Waals surface area (Å²) in [4.78, 5) is 0. The minimum absolute atomic E-state index is 0.196. The van der Waals surface area contributed by atoms with Gasteiger partial charge in [0.05, 0.1) is 18.3 Å². The average molecular weight is 272 g/mol. The summed E-state index contributed by atoms with van der Waals surface area (Å²) < 4.78 is 30.3. The first kappa shape index (κ1) is 13.6. The van der Waals surface area contributed by atoms with Gasteiger partial charge in [0.1, 0.15) is 0 Å². The first-order valence-corrected chi connectivity index (χ1v) is 7.87. The lowest BCUT2D eigenvalue weighted by Crippen LogP contribution is -2.30.